The van der Waals surface area contributed by atoms with E-state index in [1.807, 2.05) is 0 Å². The van der Waals surface area contributed by atoms with Gasteiger partial charge in [-0.2, -0.15) is 0 Å². The zero-order chi connectivity index (χ0) is 21.4. The third kappa shape index (κ3) is 3.41. The summed E-state index contributed by atoms with van der Waals surface area (Å²) in [4.78, 5) is 29.0. The van der Waals surface area contributed by atoms with Gasteiger partial charge in [0.15, 0.2) is 5.78 Å². The molecular weight excluding hydrogens is 399 g/mol. The molecule has 2 aromatic carbocycles. The summed E-state index contributed by atoms with van der Waals surface area (Å²) in [5.41, 5.74) is 0.655. The van der Waals surface area contributed by atoms with Gasteiger partial charge in [0.05, 0.1) is 17.1 Å². The first-order valence-corrected chi connectivity index (χ1v) is 9.37. The minimum absolute atomic E-state index is 0.00619. The maximum Gasteiger partial charge on any atom is 0.263 e. The summed E-state index contributed by atoms with van der Waals surface area (Å²) in [5, 5.41) is 2.34. The van der Waals surface area contributed by atoms with Crippen LogP contribution in [0.25, 0.3) is 0 Å². The first kappa shape index (κ1) is 20.0. The number of carbonyl (C=O) groups is 2. The van der Waals surface area contributed by atoms with Crippen LogP contribution in [0.4, 0.5) is 30.2 Å². The highest BCUT2D eigenvalue weighted by atomic mass is 19.1. The minimum atomic E-state index is -0.961. The molecule has 0 fully saturated rings. The molecule has 2 heterocycles. The highest BCUT2D eigenvalue weighted by molar-refractivity contribution is 6.25. The lowest BCUT2D eigenvalue weighted by Gasteiger charge is -2.30. The Morgan fingerprint density at radius 1 is 1.10 bits per heavy atom. The van der Waals surface area contributed by atoms with Gasteiger partial charge in [-0.3, -0.25) is 9.59 Å². The third-order valence-electron chi connectivity index (χ3n) is 4.93. The topological polar surface area (TPSA) is 61.9 Å². The van der Waals surface area contributed by atoms with Gasteiger partial charge >= 0.3 is 0 Å². The van der Waals surface area contributed by atoms with E-state index >= 15 is 0 Å². The van der Waals surface area contributed by atoms with Gasteiger partial charge in [0.25, 0.3) is 5.91 Å². The molecule has 1 amide bonds. The molecule has 0 unspecified atom stereocenters. The van der Waals surface area contributed by atoms with E-state index in [0.717, 1.165) is 12.1 Å². The summed E-state index contributed by atoms with van der Waals surface area (Å²) in [6, 6.07) is 6.89. The van der Waals surface area contributed by atoms with Crippen molar-refractivity contribution in [1.29, 1.82) is 0 Å². The lowest BCUT2D eigenvalue weighted by molar-refractivity contribution is -0.120. The molecule has 2 aliphatic rings. The maximum absolute atomic E-state index is 14.0. The van der Waals surface area contributed by atoms with Crippen LogP contribution in [0.5, 0.6) is 0 Å². The summed E-state index contributed by atoms with van der Waals surface area (Å²) in [5.74, 6) is -3.24. The molecule has 2 aliphatic heterocycles. The second-order valence-electron chi connectivity index (χ2n) is 6.78. The van der Waals surface area contributed by atoms with Crippen LogP contribution in [-0.2, 0) is 14.3 Å². The lowest BCUT2D eigenvalue weighted by atomic mass is 10.0. The summed E-state index contributed by atoms with van der Waals surface area (Å²) in [6.45, 7) is 2.45. The fourth-order valence-electron chi connectivity index (χ4n) is 3.59. The number of ether oxygens (including phenoxy) is 1. The molecule has 0 saturated carbocycles. The van der Waals surface area contributed by atoms with Crippen LogP contribution in [0.2, 0.25) is 0 Å². The van der Waals surface area contributed by atoms with E-state index in [9.17, 15) is 22.8 Å². The molecule has 0 aromatic heterocycles. The van der Waals surface area contributed by atoms with Crippen molar-refractivity contribution >= 4 is 28.8 Å². The number of hydrogen-bond donors (Lipinski definition) is 1. The van der Waals surface area contributed by atoms with E-state index in [-0.39, 0.29) is 30.2 Å². The number of carbonyl (C=O) groups excluding carboxylic acids is 2. The molecule has 0 atom stereocenters. The van der Waals surface area contributed by atoms with Gasteiger partial charge in [0, 0.05) is 25.6 Å². The van der Waals surface area contributed by atoms with E-state index in [4.69, 9.17) is 4.74 Å². The van der Waals surface area contributed by atoms with E-state index in [0.29, 0.717) is 30.6 Å². The number of nitrogens with one attached hydrogen (secondary N) is 1. The number of nitrogens with zero attached hydrogens (tertiary/aromatic N) is 2. The zero-order valence-electron chi connectivity index (χ0n) is 16.0. The summed E-state index contributed by atoms with van der Waals surface area (Å²) in [7, 11) is 0. The number of amides is 1. The van der Waals surface area contributed by atoms with Gasteiger partial charge in [0.2, 0.25) is 0 Å². The van der Waals surface area contributed by atoms with Crippen LogP contribution < -0.4 is 15.1 Å². The first-order chi connectivity index (χ1) is 14.4. The fraction of sp³-hybridized carbons (Fsp3) is 0.238. The Bertz CT molecular complexity index is 1070. The van der Waals surface area contributed by atoms with Crippen molar-refractivity contribution in [2.45, 2.75) is 13.3 Å². The number of anilines is 3. The fourth-order valence-corrected chi connectivity index (χ4v) is 3.59. The second kappa shape index (κ2) is 7.83. The minimum Gasteiger partial charge on any atom is -0.361 e. The van der Waals surface area contributed by atoms with Gasteiger partial charge < -0.3 is 19.9 Å². The Morgan fingerprint density at radius 2 is 1.83 bits per heavy atom. The monoisotopic (exact) mass is 417 g/mol. The standard InChI is InChI=1S/C21H18F3N3O3/c1-2-30-11-27-17-10-13(23)4-6-16(17)26-8-7-18(28)19(21(26)27)20(29)25-15-5-3-12(22)9-14(15)24/h3-6,9-10H,2,7-8,11H2,1H3,(H,25,29). The molecular formula is C21H18F3N3O3. The van der Waals surface area contributed by atoms with Crippen molar-refractivity contribution in [2.75, 3.05) is 35.0 Å². The lowest BCUT2D eigenvalue weighted by Crippen LogP contribution is -2.41. The molecule has 30 heavy (non-hydrogen) atoms. The smallest absolute Gasteiger partial charge is 0.263 e. The highest BCUT2D eigenvalue weighted by Gasteiger charge is 2.41. The number of ketones is 1. The Hall–Kier alpha value is -3.33. The SMILES string of the molecule is CCOCN1C2=C(C(=O)Nc3ccc(F)cc3F)C(=O)CCN2c2ccc(F)cc21. The van der Waals surface area contributed by atoms with Crippen molar-refractivity contribution in [3.63, 3.8) is 0 Å². The van der Waals surface area contributed by atoms with Gasteiger partial charge in [-0.1, -0.05) is 0 Å². The first-order valence-electron chi connectivity index (χ1n) is 9.37. The molecule has 0 aliphatic carbocycles. The Labute approximate surface area is 170 Å². The number of fused-ring (bicyclic) bond motifs is 3. The Kier molecular flexibility index (Phi) is 5.21. The normalized spacial score (nSPS) is 15.4. The van der Waals surface area contributed by atoms with Crippen LogP contribution >= 0.6 is 0 Å². The van der Waals surface area contributed by atoms with Crippen LogP contribution in [0.15, 0.2) is 47.8 Å². The molecule has 0 bridgehead atoms. The number of rotatable bonds is 5. The van der Waals surface area contributed by atoms with Crippen molar-refractivity contribution in [2.24, 2.45) is 0 Å². The summed E-state index contributed by atoms with van der Waals surface area (Å²) < 4.78 is 46.6. The van der Waals surface area contributed by atoms with E-state index in [1.54, 1.807) is 22.8 Å². The summed E-state index contributed by atoms with van der Waals surface area (Å²) in [6.07, 6.45) is 0.0530. The molecule has 2 aromatic rings. The van der Waals surface area contributed by atoms with Crippen LogP contribution in [0, 0.1) is 17.5 Å². The predicted molar refractivity (Wildman–Crippen MR) is 104 cm³/mol. The van der Waals surface area contributed by atoms with Gasteiger partial charge in [-0.15, -0.1) is 0 Å². The largest absolute Gasteiger partial charge is 0.361 e. The van der Waals surface area contributed by atoms with Crippen LogP contribution in [0.3, 0.4) is 0 Å². The molecule has 6 nitrogen and oxygen atoms in total. The third-order valence-corrected chi connectivity index (χ3v) is 4.93. The average molecular weight is 417 g/mol. The van der Waals surface area contributed by atoms with E-state index in [1.165, 1.54) is 12.1 Å². The number of halogens is 3. The van der Waals surface area contributed by atoms with Crippen LogP contribution in [0.1, 0.15) is 13.3 Å². The number of Topliss-reactive ketones (excluding diaryl/α,β-unsaturated/α-hetero) is 1. The van der Waals surface area contributed by atoms with E-state index in [2.05, 4.69) is 5.32 Å². The highest BCUT2D eigenvalue weighted by Crippen LogP contribution is 2.45. The van der Waals surface area contributed by atoms with E-state index < -0.39 is 29.1 Å². The van der Waals surface area contributed by atoms with Crippen molar-refractivity contribution in [1.82, 2.24) is 0 Å². The second-order valence-corrected chi connectivity index (χ2v) is 6.78. The van der Waals surface area contributed by atoms with Crippen molar-refractivity contribution < 1.29 is 27.5 Å². The molecule has 0 radical (unpaired) electrons. The molecule has 0 saturated heterocycles. The number of hydrogen-bond acceptors (Lipinski definition) is 5. The zero-order valence-corrected chi connectivity index (χ0v) is 16.0. The molecule has 156 valence electrons. The molecule has 9 heteroatoms. The maximum atomic E-state index is 14.0. The Balaban J connectivity index is 1.79. The van der Waals surface area contributed by atoms with Gasteiger partial charge in [-0.05, 0) is 37.3 Å². The van der Waals surface area contributed by atoms with Crippen LogP contribution in [-0.4, -0.2) is 31.6 Å². The average Bonchev–Trinajstić information content (AvgIpc) is 3.00. The molecule has 4 rings (SSSR count). The quantitative estimate of drug-likeness (QED) is 0.754. The number of benzene rings is 2. The van der Waals surface area contributed by atoms with Crippen molar-refractivity contribution in [3.8, 4) is 0 Å². The Morgan fingerprint density at radius 3 is 2.57 bits per heavy atom. The van der Waals surface area contributed by atoms with Gasteiger partial charge in [0.1, 0.15) is 35.6 Å². The predicted octanol–water partition coefficient (Wildman–Crippen LogP) is 3.55. The van der Waals surface area contributed by atoms with Crippen molar-refractivity contribution in [3.05, 3.63) is 65.2 Å². The molecule has 0 spiro atoms. The van der Waals surface area contributed by atoms with Gasteiger partial charge in [-0.25, -0.2) is 13.2 Å². The summed E-state index contributed by atoms with van der Waals surface area (Å²) >= 11 is 0. The molecule has 1 N–H and O–H groups in total.